The molecule has 0 aliphatic carbocycles. The van der Waals surface area contributed by atoms with E-state index < -0.39 is 32.3 Å². The Morgan fingerprint density at radius 3 is 2.65 bits per heavy atom. The first kappa shape index (κ1) is 14.8. The largest absolute Gasteiger partial charge is 0.478 e. The summed E-state index contributed by atoms with van der Waals surface area (Å²) in [6.07, 6.45) is 0. The third kappa shape index (κ3) is 2.92. The number of hydrogen-bond donors (Lipinski definition) is 2. The Hall–Kier alpha value is -1.64. The maximum atomic E-state index is 14.0. The number of halogens is 2. The number of anilines is 1. The molecule has 9 heteroatoms. The first-order chi connectivity index (χ1) is 9.31. The van der Waals surface area contributed by atoms with Crippen LogP contribution in [-0.4, -0.2) is 19.5 Å². The fraction of sp³-hybridized carbons (Fsp3) is 0. The molecule has 0 radical (unpaired) electrons. The summed E-state index contributed by atoms with van der Waals surface area (Å²) in [6, 6.07) is 3.20. The summed E-state index contributed by atoms with van der Waals surface area (Å²) in [4.78, 5) is 10.0. The lowest BCUT2D eigenvalue weighted by Gasteiger charge is -2.09. The van der Waals surface area contributed by atoms with Gasteiger partial charge in [-0.3, -0.25) is 4.72 Å². The van der Waals surface area contributed by atoms with Crippen LogP contribution in [0.25, 0.3) is 0 Å². The molecule has 0 saturated heterocycles. The van der Waals surface area contributed by atoms with E-state index in [2.05, 4.69) is 4.72 Å². The molecular formula is C11H7ClFNO4S2. The summed E-state index contributed by atoms with van der Waals surface area (Å²) in [5.74, 6) is -2.96. The summed E-state index contributed by atoms with van der Waals surface area (Å²) in [7, 11) is -4.26. The van der Waals surface area contributed by atoms with Crippen LogP contribution >= 0.6 is 22.9 Å². The molecule has 0 aliphatic heterocycles. The molecule has 2 N–H and O–H groups in total. The first-order valence-corrected chi connectivity index (χ1v) is 7.89. The Balaban J connectivity index is 2.54. The van der Waals surface area contributed by atoms with Crippen LogP contribution in [-0.2, 0) is 10.0 Å². The quantitative estimate of drug-likeness (QED) is 0.899. The lowest BCUT2D eigenvalue weighted by molar-refractivity contribution is 0.0691. The molecule has 2 aromatic rings. The van der Waals surface area contributed by atoms with Gasteiger partial charge in [-0.05, 0) is 23.6 Å². The van der Waals surface area contributed by atoms with Gasteiger partial charge >= 0.3 is 5.97 Å². The number of thiophene rings is 1. The Labute approximate surface area is 122 Å². The maximum absolute atomic E-state index is 14.0. The topological polar surface area (TPSA) is 83.5 Å². The third-order valence-electron chi connectivity index (χ3n) is 2.30. The lowest BCUT2D eigenvalue weighted by Crippen LogP contribution is -2.16. The molecule has 0 unspecified atom stereocenters. The van der Waals surface area contributed by atoms with Gasteiger partial charge in [0.1, 0.15) is 4.90 Å². The minimum Gasteiger partial charge on any atom is -0.478 e. The number of nitrogens with one attached hydrogen (secondary N) is 1. The van der Waals surface area contributed by atoms with Gasteiger partial charge in [0, 0.05) is 10.4 Å². The second-order valence-corrected chi connectivity index (χ2v) is 6.56. The fourth-order valence-corrected chi connectivity index (χ4v) is 3.57. The van der Waals surface area contributed by atoms with E-state index in [0.29, 0.717) is 0 Å². The molecule has 1 heterocycles. The van der Waals surface area contributed by atoms with Crippen LogP contribution < -0.4 is 4.72 Å². The number of aromatic carboxylic acids is 1. The zero-order valence-corrected chi connectivity index (χ0v) is 12.0. The van der Waals surface area contributed by atoms with Gasteiger partial charge < -0.3 is 5.11 Å². The molecule has 1 aromatic heterocycles. The summed E-state index contributed by atoms with van der Waals surface area (Å²) in [6.45, 7) is 0. The fourth-order valence-electron chi connectivity index (χ4n) is 1.45. The molecule has 106 valence electrons. The van der Waals surface area contributed by atoms with Crippen LogP contribution in [0.3, 0.4) is 0 Å². The Bertz CT molecular complexity index is 759. The first-order valence-electron chi connectivity index (χ1n) is 5.08. The van der Waals surface area contributed by atoms with Crippen molar-refractivity contribution in [2.45, 2.75) is 4.90 Å². The van der Waals surface area contributed by atoms with E-state index in [1.807, 2.05) is 0 Å². The van der Waals surface area contributed by atoms with E-state index in [1.165, 1.54) is 22.8 Å². The van der Waals surface area contributed by atoms with E-state index in [0.717, 1.165) is 12.1 Å². The van der Waals surface area contributed by atoms with Crippen molar-refractivity contribution < 1.29 is 22.7 Å². The number of rotatable bonds is 4. The van der Waals surface area contributed by atoms with Crippen LogP contribution in [0.1, 0.15) is 10.4 Å². The van der Waals surface area contributed by atoms with Gasteiger partial charge in [0.15, 0.2) is 5.82 Å². The number of carbonyl (C=O) groups is 1. The molecule has 5 nitrogen and oxygen atoms in total. The van der Waals surface area contributed by atoms with Crippen molar-refractivity contribution in [1.29, 1.82) is 0 Å². The molecule has 0 saturated carbocycles. The maximum Gasteiger partial charge on any atom is 0.338 e. The normalized spacial score (nSPS) is 11.3. The molecule has 20 heavy (non-hydrogen) atoms. The highest BCUT2D eigenvalue weighted by Crippen LogP contribution is 2.26. The monoisotopic (exact) mass is 335 g/mol. The van der Waals surface area contributed by atoms with Crippen LogP contribution in [0, 0.1) is 5.82 Å². The van der Waals surface area contributed by atoms with Crippen molar-refractivity contribution in [3.63, 3.8) is 0 Å². The summed E-state index contributed by atoms with van der Waals surface area (Å²) >= 11 is 6.88. The van der Waals surface area contributed by atoms with Crippen molar-refractivity contribution in [3.8, 4) is 0 Å². The number of hydrogen-bond acceptors (Lipinski definition) is 4. The SMILES string of the molecule is O=C(O)c1cc(Cl)cc(S(=O)(=O)Nc2ccsc2)c1F. The second kappa shape index (κ2) is 5.39. The van der Waals surface area contributed by atoms with Crippen LogP contribution in [0.2, 0.25) is 5.02 Å². The minimum absolute atomic E-state index is 0.186. The second-order valence-electron chi connectivity index (χ2n) is 3.69. The Morgan fingerprint density at radius 2 is 2.10 bits per heavy atom. The number of carboxylic acids is 1. The van der Waals surface area contributed by atoms with Crippen LogP contribution in [0.5, 0.6) is 0 Å². The number of carboxylic acid groups (broad SMARTS) is 1. The van der Waals surface area contributed by atoms with E-state index in [4.69, 9.17) is 16.7 Å². The highest BCUT2D eigenvalue weighted by atomic mass is 35.5. The van der Waals surface area contributed by atoms with Gasteiger partial charge in [0.2, 0.25) is 0 Å². The van der Waals surface area contributed by atoms with Crippen molar-refractivity contribution in [2.24, 2.45) is 0 Å². The molecule has 0 atom stereocenters. The molecule has 0 amide bonds. The zero-order chi connectivity index (χ0) is 14.9. The summed E-state index contributed by atoms with van der Waals surface area (Å²) in [5.41, 5.74) is -0.547. The molecule has 0 bridgehead atoms. The van der Waals surface area contributed by atoms with Gasteiger partial charge in [-0.25, -0.2) is 17.6 Å². The predicted molar refractivity (Wildman–Crippen MR) is 73.5 cm³/mol. The van der Waals surface area contributed by atoms with E-state index in [9.17, 15) is 17.6 Å². The van der Waals surface area contributed by atoms with Crippen LogP contribution in [0.15, 0.2) is 33.9 Å². The molecular weight excluding hydrogens is 329 g/mol. The van der Waals surface area contributed by atoms with E-state index >= 15 is 0 Å². The third-order valence-corrected chi connectivity index (χ3v) is 4.58. The number of sulfonamides is 1. The number of benzene rings is 1. The smallest absolute Gasteiger partial charge is 0.338 e. The zero-order valence-electron chi connectivity index (χ0n) is 9.63. The summed E-state index contributed by atoms with van der Waals surface area (Å²) < 4.78 is 40.2. The van der Waals surface area contributed by atoms with E-state index in [-0.39, 0.29) is 10.7 Å². The van der Waals surface area contributed by atoms with Crippen molar-refractivity contribution in [2.75, 3.05) is 4.72 Å². The van der Waals surface area contributed by atoms with Crippen molar-refractivity contribution >= 4 is 44.6 Å². The van der Waals surface area contributed by atoms with E-state index in [1.54, 1.807) is 5.38 Å². The predicted octanol–water partition coefficient (Wildman–Crippen LogP) is 3.04. The van der Waals surface area contributed by atoms with Crippen LogP contribution in [0.4, 0.5) is 10.1 Å². The van der Waals surface area contributed by atoms with Crippen molar-refractivity contribution in [1.82, 2.24) is 0 Å². The molecule has 1 aromatic carbocycles. The average Bonchev–Trinajstić information content (AvgIpc) is 2.83. The van der Waals surface area contributed by atoms with Gasteiger partial charge in [-0.2, -0.15) is 11.3 Å². The Morgan fingerprint density at radius 1 is 1.40 bits per heavy atom. The minimum atomic E-state index is -4.26. The Kier molecular flexibility index (Phi) is 3.98. The molecule has 0 fully saturated rings. The van der Waals surface area contributed by atoms with Gasteiger partial charge in [0.25, 0.3) is 10.0 Å². The molecule has 0 spiro atoms. The molecule has 0 aliphatic rings. The lowest BCUT2D eigenvalue weighted by atomic mass is 10.2. The van der Waals surface area contributed by atoms with Gasteiger partial charge in [-0.1, -0.05) is 11.6 Å². The van der Waals surface area contributed by atoms with Gasteiger partial charge in [-0.15, -0.1) is 0 Å². The highest BCUT2D eigenvalue weighted by Gasteiger charge is 2.25. The average molecular weight is 336 g/mol. The highest BCUT2D eigenvalue weighted by molar-refractivity contribution is 7.92. The summed E-state index contributed by atoms with van der Waals surface area (Å²) in [5, 5.41) is 11.8. The molecule has 2 rings (SSSR count). The van der Waals surface area contributed by atoms with Crippen molar-refractivity contribution in [3.05, 3.63) is 45.4 Å². The van der Waals surface area contributed by atoms with Gasteiger partial charge in [0.05, 0.1) is 11.3 Å². The standard InChI is InChI=1S/C11H7ClFNO4S2/c12-6-3-8(11(15)16)10(13)9(4-6)20(17,18)14-7-1-2-19-5-7/h1-5,14H,(H,15,16).